The number of hydrogen-bond donors (Lipinski definition) is 2. The van der Waals surface area contributed by atoms with Crippen LogP contribution in [0.3, 0.4) is 0 Å². The minimum atomic E-state index is -0.366. The summed E-state index contributed by atoms with van der Waals surface area (Å²) in [6.07, 6.45) is 1.44. The molecule has 2 N–H and O–H groups in total. The van der Waals surface area contributed by atoms with Crippen molar-refractivity contribution in [3.63, 3.8) is 0 Å². The smallest absolute Gasteiger partial charge is 0.266 e. The monoisotopic (exact) mass is 552 g/mol. The Labute approximate surface area is 213 Å². The lowest BCUT2D eigenvalue weighted by Crippen LogP contribution is -2.24. The quantitative estimate of drug-likeness (QED) is 0.152. The normalized spacial score (nSPS) is 11.2. The van der Waals surface area contributed by atoms with Crippen molar-refractivity contribution in [2.75, 3.05) is 12.9 Å². The average Bonchev–Trinajstić information content (AvgIpc) is 2.85. The highest BCUT2D eigenvalue weighted by atomic mass is 79.9. The number of fused-ring (bicyclic) bond motifs is 1. The van der Waals surface area contributed by atoms with E-state index >= 15 is 0 Å². The first kappa shape index (κ1) is 24.5. The number of aromatic nitrogens is 2. The Morgan fingerprint density at radius 1 is 1.23 bits per heavy atom. The Balaban J connectivity index is 1.55. The second-order valence-electron chi connectivity index (χ2n) is 7.47. The lowest BCUT2D eigenvalue weighted by Gasteiger charge is -2.14. The summed E-state index contributed by atoms with van der Waals surface area (Å²) in [6.45, 7) is 1.92. The molecule has 0 saturated heterocycles. The van der Waals surface area contributed by atoms with Gasteiger partial charge in [-0.2, -0.15) is 5.10 Å². The summed E-state index contributed by atoms with van der Waals surface area (Å²) in [7, 11) is 1.44. The number of halogens is 1. The van der Waals surface area contributed by atoms with Gasteiger partial charge in [0, 0.05) is 0 Å². The van der Waals surface area contributed by atoms with Crippen LogP contribution in [0.15, 0.2) is 80.2 Å². The molecule has 8 nitrogen and oxygen atoms in total. The van der Waals surface area contributed by atoms with Gasteiger partial charge in [-0.15, -0.1) is 0 Å². The van der Waals surface area contributed by atoms with E-state index in [4.69, 9.17) is 4.74 Å². The van der Waals surface area contributed by atoms with Gasteiger partial charge in [-0.1, -0.05) is 42.1 Å². The molecule has 10 heteroatoms. The Morgan fingerprint density at radius 2 is 1.97 bits per heavy atom. The number of amides is 1. The van der Waals surface area contributed by atoms with E-state index in [1.165, 1.54) is 13.3 Å². The molecule has 0 aliphatic heterocycles. The first-order chi connectivity index (χ1) is 16.9. The molecular weight excluding hydrogens is 532 g/mol. The number of thioether (sulfide) groups is 1. The van der Waals surface area contributed by atoms with Crippen LogP contribution in [0.1, 0.15) is 11.1 Å². The molecule has 35 heavy (non-hydrogen) atoms. The molecule has 0 unspecified atom stereocenters. The zero-order valence-electron chi connectivity index (χ0n) is 18.9. The number of nitrogens with zero attached hydrogens (tertiary/aromatic N) is 3. The van der Waals surface area contributed by atoms with Gasteiger partial charge in [-0.05, 0) is 64.3 Å². The van der Waals surface area contributed by atoms with E-state index < -0.39 is 0 Å². The molecule has 0 bridgehead atoms. The molecule has 0 aliphatic carbocycles. The van der Waals surface area contributed by atoms with E-state index in [2.05, 4.69) is 31.4 Å². The van der Waals surface area contributed by atoms with E-state index in [-0.39, 0.29) is 28.7 Å². The van der Waals surface area contributed by atoms with E-state index in [1.54, 1.807) is 34.9 Å². The van der Waals surface area contributed by atoms with Gasteiger partial charge in [0.25, 0.3) is 11.5 Å². The highest BCUT2D eigenvalue weighted by Gasteiger charge is 2.16. The summed E-state index contributed by atoms with van der Waals surface area (Å²) in [5.74, 6) is -0.113. The molecule has 0 radical (unpaired) electrons. The van der Waals surface area contributed by atoms with Crippen LogP contribution in [0.4, 0.5) is 0 Å². The number of phenols is 1. The summed E-state index contributed by atoms with van der Waals surface area (Å²) in [5.41, 5.74) is 5.08. The fourth-order valence-electron chi connectivity index (χ4n) is 3.40. The molecule has 4 rings (SSSR count). The van der Waals surface area contributed by atoms with E-state index in [1.807, 2.05) is 37.3 Å². The number of methoxy groups -OCH3 is 1. The molecule has 0 spiro atoms. The van der Waals surface area contributed by atoms with Crippen molar-refractivity contribution in [1.29, 1.82) is 0 Å². The Bertz CT molecular complexity index is 1500. The molecule has 1 aromatic heterocycles. The molecule has 0 fully saturated rings. The molecule has 4 aromatic rings. The van der Waals surface area contributed by atoms with E-state index in [9.17, 15) is 14.7 Å². The lowest BCUT2D eigenvalue weighted by molar-refractivity contribution is -0.118. The van der Waals surface area contributed by atoms with Gasteiger partial charge in [-0.25, -0.2) is 10.4 Å². The summed E-state index contributed by atoms with van der Waals surface area (Å²) in [5, 5.41) is 14.8. The van der Waals surface area contributed by atoms with Gasteiger partial charge >= 0.3 is 0 Å². The van der Waals surface area contributed by atoms with Crippen molar-refractivity contribution < 1.29 is 14.6 Å². The average molecular weight is 553 g/mol. The summed E-state index contributed by atoms with van der Waals surface area (Å²) in [6, 6.07) is 17.9. The molecule has 0 aliphatic rings. The highest BCUT2D eigenvalue weighted by Crippen LogP contribution is 2.34. The number of hydrogen-bond acceptors (Lipinski definition) is 7. The number of rotatable bonds is 7. The van der Waals surface area contributed by atoms with Crippen LogP contribution in [-0.4, -0.2) is 39.6 Å². The van der Waals surface area contributed by atoms with Gasteiger partial charge < -0.3 is 9.84 Å². The molecule has 3 aromatic carbocycles. The molecule has 178 valence electrons. The minimum absolute atomic E-state index is 0.00338. The van der Waals surface area contributed by atoms with Crippen molar-refractivity contribution in [3.05, 3.63) is 86.6 Å². The number of aromatic hydroxyl groups is 1. The number of ether oxygens (including phenoxy) is 1. The molecule has 0 atom stereocenters. The summed E-state index contributed by atoms with van der Waals surface area (Å²) in [4.78, 5) is 30.5. The van der Waals surface area contributed by atoms with Crippen LogP contribution >= 0.6 is 27.7 Å². The number of benzene rings is 3. The van der Waals surface area contributed by atoms with Crippen LogP contribution in [0.25, 0.3) is 16.6 Å². The van der Waals surface area contributed by atoms with Crippen LogP contribution in [-0.2, 0) is 4.79 Å². The predicted molar refractivity (Wildman–Crippen MR) is 141 cm³/mol. The maximum atomic E-state index is 13.3. The van der Waals surface area contributed by atoms with Crippen LogP contribution < -0.4 is 15.7 Å². The van der Waals surface area contributed by atoms with Crippen molar-refractivity contribution in [2.24, 2.45) is 5.10 Å². The SMILES string of the molecule is COc1cc(/C=N\NC(=O)CSc2nc3ccccc3c(=O)n2-c2ccccc2C)cc(Br)c1O. The van der Waals surface area contributed by atoms with Crippen molar-refractivity contribution in [2.45, 2.75) is 12.1 Å². The number of para-hydroxylation sites is 2. The summed E-state index contributed by atoms with van der Waals surface area (Å²) < 4.78 is 7.09. The van der Waals surface area contributed by atoms with Crippen LogP contribution in [0.2, 0.25) is 0 Å². The molecule has 0 saturated carbocycles. The third-order valence-corrected chi connectivity index (χ3v) is 6.65. The third kappa shape index (κ3) is 5.39. The minimum Gasteiger partial charge on any atom is -0.503 e. The first-order valence-corrected chi connectivity index (χ1v) is 12.3. The number of nitrogens with one attached hydrogen (secondary N) is 1. The van der Waals surface area contributed by atoms with Gasteiger partial charge in [0.15, 0.2) is 16.7 Å². The van der Waals surface area contributed by atoms with Crippen molar-refractivity contribution in [3.8, 4) is 17.2 Å². The standard InChI is InChI=1S/C25H21BrN4O4S/c1-15-7-3-6-10-20(15)30-24(33)17-8-4-5-9-19(17)28-25(30)35-14-22(31)29-27-13-16-11-18(26)23(32)21(12-16)34-2/h3-13,32H,14H2,1-2H3,(H,29,31)/b27-13-. The van der Waals surface area contributed by atoms with Gasteiger partial charge in [0.1, 0.15) is 0 Å². The number of carbonyl (C=O) groups is 1. The zero-order chi connectivity index (χ0) is 24.9. The van der Waals surface area contributed by atoms with Gasteiger partial charge in [0.2, 0.25) is 0 Å². The largest absolute Gasteiger partial charge is 0.503 e. The van der Waals surface area contributed by atoms with E-state index in [0.29, 0.717) is 31.8 Å². The Hall–Kier alpha value is -3.63. The van der Waals surface area contributed by atoms with Gasteiger partial charge in [0.05, 0.1) is 40.1 Å². The summed E-state index contributed by atoms with van der Waals surface area (Å²) >= 11 is 4.40. The topological polar surface area (TPSA) is 106 Å². The zero-order valence-corrected chi connectivity index (χ0v) is 21.3. The third-order valence-electron chi connectivity index (χ3n) is 5.11. The fraction of sp³-hybridized carbons (Fsp3) is 0.120. The predicted octanol–water partition coefficient (Wildman–Crippen LogP) is 4.41. The Morgan fingerprint density at radius 3 is 2.74 bits per heavy atom. The second-order valence-corrected chi connectivity index (χ2v) is 9.27. The lowest BCUT2D eigenvalue weighted by atomic mass is 10.2. The molecular formula is C25H21BrN4O4S. The van der Waals surface area contributed by atoms with E-state index in [0.717, 1.165) is 17.3 Å². The first-order valence-electron chi connectivity index (χ1n) is 10.5. The second kappa shape index (κ2) is 10.7. The van der Waals surface area contributed by atoms with Crippen molar-refractivity contribution >= 4 is 50.7 Å². The van der Waals surface area contributed by atoms with Crippen LogP contribution in [0.5, 0.6) is 11.5 Å². The van der Waals surface area contributed by atoms with Crippen molar-refractivity contribution in [1.82, 2.24) is 15.0 Å². The number of carbonyl (C=O) groups excluding carboxylic acids is 1. The maximum absolute atomic E-state index is 13.3. The van der Waals surface area contributed by atoms with Gasteiger partial charge in [-0.3, -0.25) is 14.2 Å². The maximum Gasteiger partial charge on any atom is 0.266 e. The number of aryl methyl sites for hydroxylation is 1. The van der Waals surface area contributed by atoms with Crippen LogP contribution in [0, 0.1) is 6.92 Å². The Kier molecular flexibility index (Phi) is 7.52. The number of hydrazone groups is 1. The molecule has 1 heterocycles. The number of phenolic OH excluding ortho intramolecular Hbond substituents is 1. The highest BCUT2D eigenvalue weighted by molar-refractivity contribution is 9.10. The molecule has 1 amide bonds. The fourth-order valence-corrected chi connectivity index (χ4v) is 4.66.